The van der Waals surface area contributed by atoms with E-state index in [0.29, 0.717) is 0 Å². The molecule has 3 amide bonds. The number of carbonyl (C=O) groups is 2. The van der Waals surface area contributed by atoms with Crippen molar-refractivity contribution in [2.24, 2.45) is 11.8 Å². The quantitative estimate of drug-likeness (QED) is 0.840. The van der Waals surface area contributed by atoms with Gasteiger partial charge in [-0.1, -0.05) is 32.1 Å². The molecule has 2 N–H and O–H groups in total. The van der Waals surface area contributed by atoms with Crippen LogP contribution in [0.2, 0.25) is 0 Å². The number of fused-ring (bicyclic) bond motifs is 1. The van der Waals surface area contributed by atoms with E-state index in [1.54, 1.807) is 0 Å². The highest BCUT2D eigenvalue weighted by Gasteiger charge is 2.34. The first-order chi connectivity index (χ1) is 11.1. The number of urea groups is 1. The minimum absolute atomic E-state index is 0.158. The summed E-state index contributed by atoms with van der Waals surface area (Å²) in [6.07, 6.45) is 11.0. The minimum Gasteiger partial charge on any atom is -0.335 e. The maximum absolute atomic E-state index is 12.4. The highest BCUT2D eigenvalue weighted by atomic mass is 16.2. The van der Waals surface area contributed by atoms with E-state index in [2.05, 4.69) is 15.5 Å². The lowest BCUT2D eigenvalue weighted by atomic mass is 9.75. The standard InChI is InChI=1S/C18H31N3O2/c1-13(17(22)20-18(23)19-16-8-4-5-9-16)21-11-10-14-6-2-3-7-15(14)12-21/h13-16H,2-12H2,1H3,(H2,19,20,22,23)/t13-,14+,15+/m1/s1. The van der Waals surface area contributed by atoms with Crippen LogP contribution < -0.4 is 10.6 Å². The van der Waals surface area contributed by atoms with Gasteiger partial charge in [0.05, 0.1) is 6.04 Å². The van der Waals surface area contributed by atoms with Gasteiger partial charge in [-0.05, 0) is 51.0 Å². The van der Waals surface area contributed by atoms with Gasteiger partial charge in [-0.3, -0.25) is 15.0 Å². The van der Waals surface area contributed by atoms with Crippen molar-refractivity contribution in [1.29, 1.82) is 0 Å². The van der Waals surface area contributed by atoms with Gasteiger partial charge >= 0.3 is 6.03 Å². The van der Waals surface area contributed by atoms with Gasteiger partial charge in [-0.2, -0.15) is 0 Å². The van der Waals surface area contributed by atoms with Crippen LogP contribution in [0.4, 0.5) is 4.79 Å². The van der Waals surface area contributed by atoms with Gasteiger partial charge in [0.2, 0.25) is 5.91 Å². The fraction of sp³-hybridized carbons (Fsp3) is 0.889. The molecule has 5 nitrogen and oxygen atoms in total. The fourth-order valence-electron chi connectivity index (χ4n) is 4.65. The predicted octanol–water partition coefficient (Wildman–Crippen LogP) is 2.66. The molecule has 23 heavy (non-hydrogen) atoms. The third-order valence-corrected chi connectivity index (χ3v) is 6.18. The molecule has 2 saturated carbocycles. The number of nitrogens with zero attached hydrogens (tertiary/aromatic N) is 1. The Balaban J connectivity index is 1.45. The molecule has 3 aliphatic rings. The van der Waals surface area contributed by atoms with Crippen LogP contribution in [0.5, 0.6) is 0 Å². The van der Waals surface area contributed by atoms with Crippen molar-refractivity contribution in [3.05, 3.63) is 0 Å². The minimum atomic E-state index is -0.318. The molecule has 3 rings (SSSR count). The lowest BCUT2D eigenvalue weighted by Crippen LogP contribution is -2.54. The normalized spacial score (nSPS) is 30.5. The second kappa shape index (κ2) is 7.65. The number of likely N-dealkylation sites (tertiary alicyclic amines) is 1. The maximum atomic E-state index is 12.4. The molecule has 0 spiro atoms. The van der Waals surface area contributed by atoms with E-state index < -0.39 is 0 Å². The second-order valence-electron chi connectivity index (χ2n) is 7.71. The number of rotatable bonds is 3. The Labute approximate surface area is 139 Å². The van der Waals surface area contributed by atoms with Crippen LogP contribution in [0.1, 0.15) is 64.7 Å². The SMILES string of the molecule is C[C@H](C(=O)NC(=O)NC1CCCC1)N1CC[C@@H]2CCCC[C@H]2C1. The summed E-state index contributed by atoms with van der Waals surface area (Å²) in [4.78, 5) is 26.6. The Morgan fingerprint density at radius 1 is 0.957 bits per heavy atom. The van der Waals surface area contributed by atoms with Crippen molar-refractivity contribution in [2.75, 3.05) is 13.1 Å². The van der Waals surface area contributed by atoms with Crippen molar-refractivity contribution in [2.45, 2.75) is 76.8 Å². The molecule has 130 valence electrons. The van der Waals surface area contributed by atoms with E-state index in [-0.39, 0.29) is 24.0 Å². The van der Waals surface area contributed by atoms with Crippen LogP contribution in [-0.4, -0.2) is 42.0 Å². The maximum Gasteiger partial charge on any atom is 0.321 e. The van der Waals surface area contributed by atoms with E-state index in [1.807, 2.05) is 6.92 Å². The first-order valence-electron chi connectivity index (χ1n) is 9.49. The average molecular weight is 321 g/mol. The topological polar surface area (TPSA) is 61.4 Å². The zero-order valence-electron chi connectivity index (χ0n) is 14.4. The van der Waals surface area contributed by atoms with Gasteiger partial charge in [0.15, 0.2) is 0 Å². The lowest BCUT2D eigenvalue weighted by molar-refractivity contribution is -0.126. The molecule has 3 atom stereocenters. The lowest BCUT2D eigenvalue weighted by Gasteiger charge is -2.43. The van der Waals surface area contributed by atoms with Crippen LogP contribution in [0.15, 0.2) is 0 Å². The summed E-state index contributed by atoms with van der Waals surface area (Å²) in [6, 6.07) is -0.287. The molecule has 3 fully saturated rings. The van der Waals surface area contributed by atoms with Gasteiger partial charge in [-0.15, -0.1) is 0 Å². The molecule has 0 aromatic heterocycles. The molecular formula is C18H31N3O2. The van der Waals surface area contributed by atoms with E-state index in [1.165, 1.54) is 44.9 Å². The number of amides is 3. The monoisotopic (exact) mass is 321 g/mol. The molecule has 0 bridgehead atoms. The van der Waals surface area contributed by atoms with Gasteiger partial charge in [0, 0.05) is 12.6 Å². The molecule has 1 heterocycles. The largest absolute Gasteiger partial charge is 0.335 e. The molecule has 0 unspecified atom stereocenters. The van der Waals surface area contributed by atoms with Crippen molar-refractivity contribution < 1.29 is 9.59 Å². The number of piperidine rings is 1. The smallest absolute Gasteiger partial charge is 0.321 e. The van der Waals surface area contributed by atoms with Crippen molar-refractivity contribution in [3.63, 3.8) is 0 Å². The number of carbonyl (C=O) groups excluding carboxylic acids is 2. The summed E-state index contributed by atoms with van der Waals surface area (Å²) in [5.74, 6) is 1.45. The average Bonchev–Trinajstić information content (AvgIpc) is 3.06. The van der Waals surface area contributed by atoms with Crippen LogP contribution >= 0.6 is 0 Å². The van der Waals surface area contributed by atoms with Crippen LogP contribution in [-0.2, 0) is 4.79 Å². The van der Waals surface area contributed by atoms with Crippen LogP contribution in [0, 0.1) is 11.8 Å². The Morgan fingerprint density at radius 3 is 2.35 bits per heavy atom. The third kappa shape index (κ3) is 4.25. The van der Waals surface area contributed by atoms with Gasteiger partial charge in [0.1, 0.15) is 0 Å². The Morgan fingerprint density at radius 2 is 1.61 bits per heavy atom. The third-order valence-electron chi connectivity index (χ3n) is 6.18. The van der Waals surface area contributed by atoms with Gasteiger partial charge in [0.25, 0.3) is 0 Å². The van der Waals surface area contributed by atoms with Crippen LogP contribution in [0.3, 0.4) is 0 Å². The zero-order valence-corrected chi connectivity index (χ0v) is 14.4. The summed E-state index contributed by atoms with van der Waals surface area (Å²) in [7, 11) is 0. The molecule has 0 radical (unpaired) electrons. The first kappa shape index (κ1) is 16.7. The van der Waals surface area contributed by atoms with E-state index in [4.69, 9.17) is 0 Å². The highest BCUT2D eigenvalue weighted by molar-refractivity contribution is 5.96. The summed E-state index contributed by atoms with van der Waals surface area (Å²) in [5.41, 5.74) is 0. The van der Waals surface area contributed by atoms with Crippen molar-refractivity contribution >= 4 is 11.9 Å². The second-order valence-corrected chi connectivity index (χ2v) is 7.71. The number of hydrogen-bond donors (Lipinski definition) is 2. The molecular weight excluding hydrogens is 290 g/mol. The molecule has 2 aliphatic carbocycles. The van der Waals surface area contributed by atoms with E-state index >= 15 is 0 Å². The zero-order chi connectivity index (χ0) is 16.2. The Hall–Kier alpha value is -1.10. The van der Waals surface area contributed by atoms with Crippen LogP contribution in [0.25, 0.3) is 0 Å². The summed E-state index contributed by atoms with van der Waals surface area (Å²) >= 11 is 0. The molecule has 1 saturated heterocycles. The van der Waals surface area contributed by atoms with Gasteiger partial charge in [-0.25, -0.2) is 4.79 Å². The molecule has 0 aromatic rings. The van der Waals surface area contributed by atoms with Gasteiger partial charge < -0.3 is 5.32 Å². The molecule has 1 aliphatic heterocycles. The van der Waals surface area contributed by atoms with Crippen molar-refractivity contribution in [3.8, 4) is 0 Å². The number of nitrogens with one attached hydrogen (secondary N) is 2. The van der Waals surface area contributed by atoms with E-state index in [0.717, 1.165) is 37.8 Å². The van der Waals surface area contributed by atoms with E-state index in [9.17, 15) is 9.59 Å². The molecule has 0 aromatic carbocycles. The Kier molecular flexibility index (Phi) is 5.57. The van der Waals surface area contributed by atoms with Crippen molar-refractivity contribution in [1.82, 2.24) is 15.5 Å². The highest BCUT2D eigenvalue weighted by Crippen LogP contribution is 2.36. The molecule has 5 heteroatoms. The number of hydrogen-bond acceptors (Lipinski definition) is 3. The first-order valence-corrected chi connectivity index (χ1v) is 9.49. The fourth-order valence-corrected chi connectivity index (χ4v) is 4.65. The predicted molar refractivity (Wildman–Crippen MR) is 90.0 cm³/mol. The Bertz CT molecular complexity index is 434. The summed E-state index contributed by atoms with van der Waals surface area (Å²) in [5, 5.41) is 5.47. The number of imide groups is 1. The summed E-state index contributed by atoms with van der Waals surface area (Å²) in [6.45, 7) is 3.94. The summed E-state index contributed by atoms with van der Waals surface area (Å²) < 4.78 is 0.